The van der Waals surface area contributed by atoms with Crippen molar-refractivity contribution in [2.45, 2.75) is 38.8 Å². The maximum atomic E-state index is 11.5. The van der Waals surface area contributed by atoms with E-state index in [1.54, 1.807) is 0 Å². The van der Waals surface area contributed by atoms with Crippen molar-refractivity contribution in [3.8, 4) is 0 Å². The highest BCUT2D eigenvalue weighted by atomic mass is 16.1. The second-order valence-electron chi connectivity index (χ2n) is 5.44. The fourth-order valence-corrected chi connectivity index (χ4v) is 2.17. The Morgan fingerprint density at radius 1 is 1.29 bits per heavy atom. The molecular weight excluding hydrogens is 214 g/mol. The lowest BCUT2D eigenvalue weighted by molar-refractivity contribution is -0.118. The molecule has 0 aromatic heterocycles. The van der Waals surface area contributed by atoms with E-state index in [4.69, 9.17) is 0 Å². The normalized spacial score (nSPS) is 21.1. The number of hydrogen-bond donors (Lipinski definition) is 1. The quantitative estimate of drug-likeness (QED) is 0.707. The summed E-state index contributed by atoms with van der Waals surface area (Å²) in [5, 5.41) is 3.28. The Labute approximate surface area is 105 Å². The van der Waals surface area contributed by atoms with Gasteiger partial charge in [-0.15, -0.1) is 0 Å². The van der Waals surface area contributed by atoms with Gasteiger partial charge < -0.3 is 10.2 Å². The summed E-state index contributed by atoms with van der Waals surface area (Å²) < 4.78 is 0. The van der Waals surface area contributed by atoms with Gasteiger partial charge in [-0.3, -0.25) is 9.69 Å². The summed E-state index contributed by atoms with van der Waals surface area (Å²) in [7, 11) is 4.20. The van der Waals surface area contributed by atoms with Gasteiger partial charge in [0.15, 0.2) is 5.78 Å². The summed E-state index contributed by atoms with van der Waals surface area (Å²) >= 11 is 0. The fraction of sp³-hybridized carbons (Fsp3) is 0.923. The number of ketones is 1. The average Bonchev–Trinajstić information content (AvgIpc) is 2.63. The molecule has 0 aromatic carbocycles. The molecule has 1 unspecified atom stereocenters. The van der Waals surface area contributed by atoms with E-state index in [2.05, 4.69) is 43.1 Å². The van der Waals surface area contributed by atoms with Crippen LogP contribution in [0.15, 0.2) is 0 Å². The topological polar surface area (TPSA) is 35.6 Å². The number of rotatable bonds is 7. The Kier molecular flexibility index (Phi) is 6.09. The number of likely N-dealkylation sites (N-methyl/N-ethyl adjacent to an activating group) is 1. The molecule has 0 spiro atoms. The molecule has 1 fully saturated rings. The van der Waals surface area contributed by atoms with Crippen molar-refractivity contribution >= 4 is 5.78 Å². The molecule has 1 atom stereocenters. The van der Waals surface area contributed by atoms with Crippen LogP contribution >= 0.6 is 0 Å². The summed E-state index contributed by atoms with van der Waals surface area (Å²) in [4.78, 5) is 16.2. The minimum Gasteiger partial charge on any atom is -0.308 e. The molecule has 17 heavy (non-hydrogen) atoms. The first-order valence-corrected chi connectivity index (χ1v) is 6.65. The molecular formula is C13H27N3O. The smallest absolute Gasteiger partial charge is 0.151 e. The molecule has 0 aliphatic carbocycles. The van der Waals surface area contributed by atoms with Crippen LogP contribution in [0.2, 0.25) is 0 Å². The molecule has 1 rings (SSSR count). The Bertz CT molecular complexity index is 241. The number of carbonyl (C=O) groups is 1. The predicted octanol–water partition coefficient (Wildman–Crippen LogP) is 0.580. The van der Waals surface area contributed by atoms with Crippen LogP contribution in [0.1, 0.15) is 26.7 Å². The molecule has 1 N–H and O–H groups in total. The molecule has 4 nitrogen and oxygen atoms in total. The molecule has 1 heterocycles. The monoisotopic (exact) mass is 241 g/mol. The van der Waals surface area contributed by atoms with Crippen LogP contribution in [0.4, 0.5) is 0 Å². The van der Waals surface area contributed by atoms with Gasteiger partial charge >= 0.3 is 0 Å². The summed E-state index contributed by atoms with van der Waals surface area (Å²) in [6, 6.07) is 0.655. The van der Waals surface area contributed by atoms with Crippen molar-refractivity contribution in [2.75, 3.05) is 40.3 Å². The maximum absolute atomic E-state index is 11.5. The van der Waals surface area contributed by atoms with Crippen LogP contribution < -0.4 is 5.32 Å². The van der Waals surface area contributed by atoms with Crippen LogP contribution in [0.5, 0.6) is 0 Å². The van der Waals surface area contributed by atoms with Gasteiger partial charge in [0.1, 0.15) is 0 Å². The minimum absolute atomic E-state index is 0.107. The number of nitrogens with zero attached hydrogens (tertiary/aromatic N) is 2. The first-order chi connectivity index (χ1) is 8.00. The van der Waals surface area contributed by atoms with E-state index >= 15 is 0 Å². The van der Waals surface area contributed by atoms with Crippen LogP contribution in [0, 0.1) is 0 Å². The third kappa shape index (κ3) is 5.15. The lowest BCUT2D eigenvalue weighted by Gasteiger charge is -2.28. The standard InChI is InChI=1S/C13H27N3O/c1-11(2)16(10-9-15(3)4)8-6-12-13(17)5-7-14-12/h11-12,14H,5-10H2,1-4H3. The Hall–Kier alpha value is -0.450. The van der Waals surface area contributed by atoms with Crippen molar-refractivity contribution in [1.82, 2.24) is 15.1 Å². The third-order valence-corrected chi connectivity index (χ3v) is 3.42. The van der Waals surface area contributed by atoms with Crippen LogP contribution in [0.25, 0.3) is 0 Å². The Morgan fingerprint density at radius 2 is 2.00 bits per heavy atom. The molecule has 1 saturated heterocycles. The van der Waals surface area contributed by atoms with E-state index in [0.717, 1.165) is 32.6 Å². The predicted molar refractivity (Wildman–Crippen MR) is 71.3 cm³/mol. The highest BCUT2D eigenvalue weighted by Gasteiger charge is 2.24. The highest BCUT2D eigenvalue weighted by molar-refractivity contribution is 5.86. The molecule has 0 aromatic rings. The number of carbonyl (C=O) groups excluding carboxylic acids is 1. The zero-order valence-corrected chi connectivity index (χ0v) is 11.7. The van der Waals surface area contributed by atoms with E-state index in [9.17, 15) is 4.79 Å². The van der Waals surface area contributed by atoms with Gasteiger partial charge in [-0.25, -0.2) is 0 Å². The van der Waals surface area contributed by atoms with Crippen molar-refractivity contribution in [3.63, 3.8) is 0 Å². The largest absolute Gasteiger partial charge is 0.308 e. The lowest BCUT2D eigenvalue weighted by atomic mass is 10.1. The second-order valence-corrected chi connectivity index (χ2v) is 5.44. The van der Waals surface area contributed by atoms with Gasteiger partial charge in [0.2, 0.25) is 0 Å². The van der Waals surface area contributed by atoms with E-state index < -0.39 is 0 Å². The van der Waals surface area contributed by atoms with E-state index in [1.807, 2.05) is 0 Å². The molecule has 0 bridgehead atoms. The lowest BCUT2D eigenvalue weighted by Crippen LogP contribution is -2.40. The molecule has 100 valence electrons. The van der Waals surface area contributed by atoms with Gasteiger partial charge in [-0.05, 0) is 34.4 Å². The van der Waals surface area contributed by atoms with Crippen molar-refractivity contribution in [3.05, 3.63) is 0 Å². The second kappa shape index (κ2) is 7.09. The van der Waals surface area contributed by atoms with Gasteiger partial charge in [0.05, 0.1) is 6.04 Å². The summed E-state index contributed by atoms with van der Waals surface area (Å²) in [5.74, 6) is 0.390. The summed E-state index contributed by atoms with van der Waals surface area (Å²) in [6.45, 7) is 8.46. The molecule has 0 radical (unpaired) electrons. The van der Waals surface area contributed by atoms with Crippen molar-refractivity contribution in [2.24, 2.45) is 0 Å². The number of Topliss-reactive ketones (excluding diaryl/α,β-unsaturated/α-hetero) is 1. The third-order valence-electron chi connectivity index (χ3n) is 3.42. The van der Waals surface area contributed by atoms with Crippen molar-refractivity contribution < 1.29 is 4.79 Å². The van der Waals surface area contributed by atoms with Crippen LogP contribution in [-0.2, 0) is 4.79 Å². The van der Waals surface area contributed by atoms with Crippen LogP contribution in [0.3, 0.4) is 0 Å². The summed E-state index contributed by atoms with van der Waals surface area (Å²) in [6.07, 6.45) is 1.66. The molecule has 1 aliphatic rings. The average molecular weight is 241 g/mol. The highest BCUT2D eigenvalue weighted by Crippen LogP contribution is 2.08. The van der Waals surface area contributed by atoms with E-state index in [1.165, 1.54) is 0 Å². The van der Waals surface area contributed by atoms with Gasteiger partial charge in [-0.2, -0.15) is 0 Å². The zero-order chi connectivity index (χ0) is 12.8. The zero-order valence-electron chi connectivity index (χ0n) is 11.7. The fourth-order valence-electron chi connectivity index (χ4n) is 2.17. The molecule has 0 amide bonds. The molecule has 1 aliphatic heterocycles. The van der Waals surface area contributed by atoms with Gasteiger partial charge in [-0.1, -0.05) is 0 Å². The summed E-state index contributed by atoms with van der Waals surface area (Å²) in [5.41, 5.74) is 0. The van der Waals surface area contributed by atoms with Crippen LogP contribution in [-0.4, -0.2) is 67.9 Å². The van der Waals surface area contributed by atoms with Crippen molar-refractivity contribution in [1.29, 1.82) is 0 Å². The van der Waals surface area contributed by atoms with Gasteiger partial charge in [0.25, 0.3) is 0 Å². The number of hydrogen-bond acceptors (Lipinski definition) is 4. The van der Waals surface area contributed by atoms with Gasteiger partial charge in [0, 0.05) is 38.6 Å². The molecule has 4 heteroatoms. The molecule has 0 saturated carbocycles. The van der Waals surface area contributed by atoms with E-state index in [-0.39, 0.29) is 6.04 Å². The Morgan fingerprint density at radius 3 is 2.47 bits per heavy atom. The number of nitrogens with one attached hydrogen (secondary N) is 1. The van der Waals surface area contributed by atoms with E-state index in [0.29, 0.717) is 18.2 Å². The maximum Gasteiger partial charge on any atom is 0.151 e. The Balaban J connectivity index is 2.31. The first-order valence-electron chi connectivity index (χ1n) is 6.65. The minimum atomic E-state index is 0.107. The first kappa shape index (κ1) is 14.6. The SMILES string of the molecule is CC(C)N(CCC1NCCC1=O)CCN(C)C.